The molecule has 0 bridgehead atoms. The van der Waals surface area contributed by atoms with Crippen LogP contribution in [0, 0.1) is 0 Å². The number of amides is 2. The maximum atomic E-state index is 13.2. The number of alkyl carbamates (subject to hydrolysis) is 1. The number of hydrogen-bond donors (Lipinski definition) is 3. The largest absolute Gasteiger partial charge is 0.459 e. The molecule has 0 saturated heterocycles. The zero-order valence-electron chi connectivity index (χ0n) is 20.5. The van der Waals surface area contributed by atoms with E-state index >= 15 is 0 Å². The highest BCUT2D eigenvalue weighted by Gasteiger charge is 2.27. The van der Waals surface area contributed by atoms with Crippen molar-refractivity contribution in [2.75, 3.05) is 0 Å². The maximum absolute atomic E-state index is 13.2. The fourth-order valence-electron chi connectivity index (χ4n) is 3.86. The molecule has 2 atom stereocenters. The van der Waals surface area contributed by atoms with Crippen LogP contribution < -0.4 is 10.6 Å². The van der Waals surface area contributed by atoms with Gasteiger partial charge in [-0.2, -0.15) is 0 Å². The van der Waals surface area contributed by atoms with E-state index < -0.39 is 30.1 Å². The molecule has 0 radical (unpaired) electrons. The number of aromatic nitrogens is 1. The molecule has 0 aliphatic rings. The van der Waals surface area contributed by atoms with Crippen LogP contribution in [-0.2, 0) is 38.7 Å². The van der Waals surface area contributed by atoms with Gasteiger partial charge in [-0.3, -0.25) is 4.79 Å². The molecular formula is C29H29N3O5. The van der Waals surface area contributed by atoms with Crippen LogP contribution >= 0.6 is 0 Å². The van der Waals surface area contributed by atoms with Gasteiger partial charge in [0.1, 0.15) is 25.3 Å². The molecule has 1 heterocycles. The Balaban J connectivity index is 1.41. The van der Waals surface area contributed by atoms with Gasteiger partial charge < -0.3 is 25.1 Å². The molecule has 1 aromatic heterocycles. The molecule has 0 aliphatic heterocycles. The second-order valence-electron chi connectivity index (χ2n) is 8.65. The normalized spacial score (nSPS) is 12.4. The summed E-state index contributed by atoms with van der Waals surface area (Å²) in [4.78, 5) is 41.5. The third-order valence-electron chi connectivity index (χ3n) is 5.86. The molecule has 0 spiro atoms. The molecule has 0 aliphatic carbocycles. The van der Waals surface area contributed by atoms with Crippen LogP contribution in [0.2, 0.25) is 0 Å². The van der Waals surface area contributed by atoms with Gasteiger partial charge in [-0.15, -0.1) is 0 Å². The number of fused-ring (bicyclic) bond motifs is 1. The first-order valence-electron chi connectivity index (χ1n) is 12.0. The Kier molecular flexibility index (Phi) is 8.54. The minimum Gasteiger partial charge on any atom is -0.459 e. The third kappa shape index (κ3) is 7.20. The van der Waals surface area contributed by atoms with Crippen molar-refractivity contribution < 1.29 is 23.9 Å². The first kappa shape index (κ1) is 25.5. The van der Waals surface area contributed by atoms with Gasteiger partial charge in [0, 0.05) is 23.5 Å². The first-order valence-corrected chi connectivity index (χ1v) is 12.0. The van der Waals surface area contributed by atoms with Crippen molar-refractivity contribution in [2.24, 2.45) is 0 Å². The molecule has 8 nitrogen and oxygen atoms in total. The van der Waals surface area contributed by atoms with E-state index in [1.165, 1.54) is 0 Å². The molecule has 4 aromatic rings. The van der Waals surface area contributed by atoms with Gasteiger partial charge in [-0.1, -0.05) is 78.9 Å². The number of carbonyl (C=O) groups excluding carboxylic acids is 3. The Morgan fingerprint density at radius 3 is 2.05 bits per heavy atom. The summed E-state index contributed by atoms with van der Waals surface area (Å²) in [5.41, 5.74) is 3.43. The van der Waals surface area contributed by atoms with E-state index in [1.54, 1.807) is 13.1 Å². The molecular weight excluding hydrogens is 470 g/mol. The molecule has 3 aromatic carbocycles. The minimum atomic E-state index is -0.980. The van der Waals surface area contributed by atoms with Crippen molar-refractivity contribution in [1.29, 1.82) is 0 Å². The van der Waals surface area contributed by atoms with Gasteiger partial charge in [0.05, 0.1) is 0 Å². The summed E-state index contributed by atoms with van der Waals surface area (Å²) in [6, 6.07) is 24.3. The third-order valence-corrected chi connectivity index (χ3v) is 5.86. The number of benzene rings is 3. The van der Waals surface area contributed by atoms with Crippen molar-refractivity contribution in [2.45, 2.75) is 38.6 Å². The highest BCUT2D eigenvalue weighted by atomic mass is 16.5. The fourth-order valence-corrected chi connectivity index (χ4v) is 3.86. The van der Waals surface area contributed by atoms with E-state index in [2.05, 4.69) is 15.6 Å². The van der Waals surface area contributed by atoms with Crippen molar-refractivity contribution in [3.8, 4) is 0 Å². The topological polar surface area (TPSA) is 110 Å². The van der Waals surface area contributed by atoms with Crippen LogP contribution in [-0.4, -0.2) is 35.0 Å². The summed E-state index contributed by atoms with van der Waals surface area (Å²) in [6.07, 6.45) is 1.27. The Hall–Kier alpha value is -4.59. The van der Waals surface area contributed by atoms with Crippen LogP contribution in [0.5, 0.6) is 0 Å². The van der Waals surface area contributed by atoms with E-state index in [-0.39, 0.29) is 19.6 Å². The van der Waals surface area contributed by atoms with Gasteiger partial charge in [0.15, 0.2) is 0 Å². The number of nitrogens with one attached hydrogen (secondary N) is 3. The summed E-state index contributed by atoms with van der Waals surface area (Å²) >= 11 is 0. The predicted molar refractivity (Wildman–Crippen MR) is 139 cm³/mol. The summed E-state index contributed by atoms with van der Waals surface area (Å²) in [7, 11) is 0. The number of aromatic amines is 1. The zero-order chi connectivity index (χ0) is 26.0. The molecule has 37 heavy (non-hydrogen) atoms. The maximum Gasteiger partial charge on any atom is 0.408 e. The van der Waals surface area contributed by atoms with Gasteiger partial charge in [0.25, 0.3) is 0 Å². The fraction of sp³-hybridized carbons (Fsp3) is 0.207. The van der Waals surface area contributed by atoms with Crippen molar-refractivity contribution in [3.05, 3.63) is 108 Å². The van der Waals surface area contributed by atoms with E-state index in [0.717, 1.165) is 27.6 Å². The highest BCUT2D eigenvalue weighted by molar-refractivity contribution is 5.91. The lowest BCUT2D eigenvalue weighted by molar-refractivity contribution is -0.148. The highest BCUT2D eigenvalue weighted by Crippen LogP contribution is 2.19. The standard InChI is InChI=1S/C29H29N3O5/c1-20(28(34)36-18-21-10-4-2-5-11-21)31-27(33)26(16-23-17-30-25-15-9-8-14-24(23)25)32-29(35)37-19-22-12-6-3-7-13-22/h2-15,17,20,26,30H,16,18-19H2,1H3,(H,31,33)(H,32,35)/t20-,26+/m0/s1. The van der Waals surface area contributed by atoms with Crippen molar-refractivity contribution in [3.63, 3.8) is 0 Å². The zero-order valence-corrected chi connectivity index (χ0v) is 20.5. The Morgan fingerprint density at radius 2 is 1.38 bits per heavy atom. The smallest absolute Gasteiger partial charge is 0.408 e. The molecule has 0 fully saturated rings. The Bertz CT molecular complexity index is 1340. The molecule has 0 saturated carbocycles. The number of rotatable bonds is 10. The van der Waals surface area contributed by atoms with E-state index in [9.17, 15) is 14.4 Å². The van der Waals surface area contributed by atoms with Gasteiger partial charge in [-0.25, -0.2) is 9.59 Å². The second-order valence-corrected chi connectivity index (χ2v) is 8.65. The van der Waals surface area contributed by atoms with Gasteiger partial charge in [0.2, 0.25) is 5.91 Å². The van der Waals surface area contributed by atoms with Crippen LogP contribution in [0.15, 0.2) is 91.1 Å². The molecule has 3 N–H and O–H groups in total. The summed E-state index contributed by atoms with van der Waals surface area (Å²) in [5, 5.41) is 6.25. The number of H-pyrrole nitrogens is 1. The Labute approximate surface area is 215 Å². The number of ether oxygens (including phenoxy) is 2. The minimum absolute atomic E-state index is 0.0658. The Morgan fingerprint density at radius 1 is 0.784 bits per heavy atom. The van der Waals surface area contributed by atoms with E-state index in [0.29, 0.717) is 0 Å². The number of para-hydroxylation sites is 1. The quantitative estimate of drug-likeness (QED) is 0.283. The molecule has 2 amide bonds. The molecule has 8 heteroatoms. The molecule has 0 unspecified atom stereocenters. The average molecular weight is 500 g/mol. The van der Waals surface area contributed by atoms with E-state index in [4.69, 9.17) is 9.47 Å². The van der Waals surface area contributed by atoms with E-state index in [1.807, 2.05) is 84.9 Å². The number of hydrogen-bond acceptors (Lipinski definition) is 5. The van der Waals surface area contributed by atoms with Crippen LogP contribution in [0.1, 0.15) is 23.6 Å². The lowest BCUT2D eigenvalue weighted by atomic mass is 10.0. The van der Waals surface area contributed by atoms with Crippen LogP contribution in [0.25, 0.3) is 10.9 Å². The van der Waals surface area contributed by atoms with Gasteiger partial charge >= 0.3 is 12.1 Å². The number of esters is 1. The first-order chi connectivity index (χ1) is 18.0. The van der Waals surface area contributed by atoms with Crippen LogP contribution in [0.3, 0.4) is 0 Å². The van der Waals surface area contributed by atoms with Crippen LogP contribution in [0.4, 0.5) is 4.79 Å². The molecule has 4 rings (SSSR count). The van der Waals surface area contributed by atoms with Gasteiger partial charge in [-0.05, 0) is 29.7 Å². The monoisotopic (exact) mass is 499 g/mol. The predicted octanol–water partition coefficient (Wildman–Crippen LogP) is 4.25. The van der Waals surface area contributed by atoms with Crippen molar-refractivity contribution in [1.82, 2.24) is 15.6 Å². The van der Waals surface area contributed by atoms with Crippen molar-refractivity contribution >= 4 is 28.9 Å². The number of carbonyl (C=O) groups is 3. The summed E-state index contributed by atoms with van der Waals surface area (Å²) in [5.74, 6) is -1.10. The SMILES string of the molecule is C[C@H](NC(=O)[C@@H](Cc1c[nH]c2ccccc12)NC(=O)OCc1ccccc1)C(=O)OCc1ccccc1. The molecule has 190 valence electrons. The average Bonchev–Trinajstić information content (AvgIpc) is 3.34. The summed E-state index contributed by atoms with van der Waals surface area (Å²) < 4.78 is 10.7. The summed E-state index contributed by atoms with van der Waals surface area (Å²) in [6.45, 7) is 1.71. The second kappa shape index (κ2) is 12.4. The lowest BCUT2D eigenvalue weighted by Crippen LogP contribution is -2.52. The lowest BCUT2D eigenvalue weighted by Gasteiger charge is -2.21.